The van der Waals surface area contributed by atoms with Gasteiger partial charge in [0.15, 0.2) is 11.6 Å². The summed E-state index contributed by atoms with van der Waals surface area (Å²) in [6, 6.07) is 8.64. The summed E-state index contributed by atoms with van der Waals surface area (Å²) in [5, 5.41) is 11.4. The summed E-state index contributed by atoms with van der Waals surface area (Å²) in [4.78, 5) is 0. The van der Waals surface area contributed by atoms with Crippen molar-refractivity contribution in [2.24, 2.45) is 0 Å². The van der Waals surface area contributed by atoms with Crippen molar-refractivity contribution in [2.75, 3.05) is 11.1 Å². The third-order valence-corrected chi connectivity index (χ3v) is 2.91. The van der Waals surface area contributed by atoms with Gasteiger partial charge in [0.05, 0.1) is 23.0 Å². The molecule has 0 bridgehead atoms. The number of benzene rings is 2. The average molecular weight is 324 g/mol. The summed E-state index contributed by atoms with van der Waals surface area (Å²) < 4.78 is 27.6. The Labute approximate surface area is 116 Å². The van der Waals surface area contributed by atoms with Gasteiger partial charge in [0.1, 0.15) is 5.69 Å². The van der Waals surface area contributed by atoms with Crippen LogP contribution in [-0.2, 0) is 0 Å². The molecule has 3 nitrogen and oxygen atoms in total. The molecule has 0 spiro atoms. The summed E-state index contributed by atoms with van der Waals surface area (Å²) in [5.74, 6) is -1.51. The number of nitriles is 1. The zero-order valence-corrected chi connectivity index (χ0v) is 11.1. The molecule has 2 aromatic rings. The Morgan fingerprint density at radius 1 is 1.16 bits per heavy atom. The molecule has 0 heterocycles. The van der Waals surface area contributed by atoms with Crippen LogP contribution in [0.3, 0.4) is 0 Å². The molecule has 0 fully saturated rings. The van der Waals surface area contributed by atoms with Gasteiger partial charge in [-0.3, -0.25) is 0 Å². The number of nitrogens with one attached hydrogen (secondary N) is 1. The lowest BCUT2D eigenvalue weighted by molar-refractivity contribution is 0.589. The standard InChI is InChI=1S/C13H8BrF2N3/c14-8-4-9(15)13(10(16)5-8)19-12-3-7(6-17)1-2-11(12)18/h1-5,19H,18H2. The number of hydrogen-bond donors (Lipinski definition) is 2. The molecule has 2 rings (SSSR count). The van der Waals surface area contributed by atoms with Crippen LogP contribution in [0.15, 0.2) is 34.8 Å². The Kier molecular flexibility index (Phi) is 3.67. The zero-order chi connectivity index (χ0) is 14.0. The largest absolute Gasteiger partial charge is 0.397 e. The molecule has 3 N–H and O–H groups in total. The maximum atomic E-state index is 13.7. The van der Waals surface area contributed by atoms with Gasteiger partial charge in [0.2, 0.25) is 0 Å². The van der Waals surface area contributed by atoms with E-state index in [1.165, 1.54) is 18.2 Å². The summed E-state index contributed by atoms with van der Waals surface area (Å²) in [6.45, 7) is 0. The van der Waals surface area contributed by atoms with Crippen molar-refractivity contribution >= 4 is 33.0 Å². The molecule has 19 heavy (non-hydrogen) atoms. The minimum atomic E-state index is -0.756. The molecule has 0 aliphatic heterocycles. The monoisotopic (exact) mass is 323 g/mol. The van der Waals surface area contributed by atoms with E-state index in [1.807, 2.05) is 6.07 Å². The van der Waals surface area contributed by atoms with Gasteiger partial charge in [-0.15, -0.1) is 0 Å². The first-order valence-corrected chi connectivity index (χ1v) is 6.01. The third-order valence-electron chi connectivity index (χ3n) is 2.45. The van der Waals surface area contributed by atoms with Crippen LogP contribution in [0.25, 0.3) is 0 Å². The average Bonchev–Trinajstić information content (AvgIpc) is 2.35. The third kappa shape index (κ3) is 2.83. The van der Waals surface area contributed by atoms with Crippen molar-refractivity contribution in [2.45, 2.75) is 0 Å². The molecule has 0 amide bonds. The number of halogens is 3. The predicted octanol–water partition coefficient (Wildman–Crippen LogP) is 3.92. The van der Waals surface area contributed by atoms with Crippen molar-refractivity contribution in [1.82, 2.24) is 0 Å². The van der Waals surface area contributed by atoms with Crippen molar-refractivity contribution in [3.05, 3.63) is 52.0 Å². The first-order chi connectivity index (χ1) is 9.01. The van der Waals surface area contributed by atoms with E-state index in [0.717, 1.165) is 12.1 Å². The molecule has 0 unspecified atom stereocenters. The summed E-state index contributed by atoms with van der Waals surface area (Å²) in [7, 11) is 0. The summed E-state index contributed by atoms with van der Waals surface area (Å²) in [5.41, 5.74) is 6.29. The normalized spacial score (nSPS) is 10.0. The molecule has 0 radical (unpaired) electrons. The fraction of sp³-hybridized carbons (Fsp3) is 0. The van der Waals surface area contributed by atoms with Crippen LogP contribution in [0, 0.1) is 23.0 Å². The lowest BCUT2D eigenvalue weighted by atomic mass is 10.1. The molecule has 0 saturated carbocycles. The molecule has 6 heteroatoms. The molecule has 0 aliphatic rings. The van der Waals surface area contributed by atoms with E-state index in [1.54, 1.807) is 0 Å². The maximum Gasteiger partial charge on any atom is 0.150 e. The van der Waals surface area contributed by atoms with Gasteiger partial charge in [0.25, 0.3) is 0 Å². The summed E-state index contributed by atoms with van der Waals surface area (Å²) >= 11 is 2.99. The molecular weight excluding hydrogens is 316 g/mol. The van der Waals surface area contributed by atoms with Gasteiger partial charge in [0, 0.05) is 4.47 Å². The van der Waals surface area contributed by atoms with Crippen LogP contribution < -0.4 is 11.1 Å². The molecule has 0 aromatic heterocycles. The van der Waals surface area contributed by atoms with E-state index in [4.69, 9.17) is 11.0 Å². The highest BCUT2D eigenvalue weighted by molar-refractivity contribution is 9.10. The number of rotatable bonds is 2. The minimum absolute atomic E-state index is 0.277. The lowest BCUT2D eigenvalue weighted by Gasteiger charge is -2.11. The number of anilines is 3. The second-order valence-electron chi connectivity index (χ2n) is 3.78. The van der Waals surface area contributed by atoms with Gasteiger partial charge in [-0.2, -0.15) is 5.26 Å². The number of nitrogens with zero attached hydrogens (tertiary/aromatic N) is 1. The van der Waals surface area contributed by atoms with Crippen LogP contribution in [0.2, 0.25) is 0 Å². The topological polar surface area (TPSA) is 61.8 Å². The molecule has 96 valence electrons. The fourth-order valence-electron chi connectivity index (χ4n) is 1.53. The van der Waals surface area contributed by atoms with Crippen LogP contribution in [0.5, 0.6) is 0 Å². The van der Waals surface area contributed by atoms with Crippen molar-refractivity contribution in [1.29, 1.82) is 5.26 Å². The SMILES string of the molecule is N#Cc1ccc(N)c(Nc2c(F)cc(Br)cc2F)c1. The Morgan fingerprint density at radius 2 is 1.79 bits per heavy atom. The number of nitrogen functional groups attached to an aromatic ring is 1. The predicted molar refractivity (Wildman–Crippen MR) is 72.9 cm³/mol. The highest BCUT2D eigenvalue weighted by atomic mass is 79.9. The second-order valence-corrected chi connectivity index (χ2v) is 4.70. The van der Waals surface area contributed by atoms with E-state index in [9.17, 15) is 8.78 Å². The first-order valence-electron chi connectivity index (χ1n) is 5.22. The molecule has 0 atom stereocenters. The highest BCUT2D eigenvalue weighted by Crippen LogP contribution is 2.29. The molecular formula is C13H8BrF2N3. The summed E-state index contributed by atoms with van der Waals surface area (Å²) in [6.07, 6.45) is 0. The van der Waals surface area contributed by atoms with Gasteiger partial charge in [-0.25, -0.2) is 8.78 Å². The van der Waals surface area contributed by atoms with E-state index in [0.29, 0.717) is 15.7 Å². The Morgan fingerprint density at radius 3 is 2.37 bits per heavy atom. The van der Waals surface area contributed by atoms with Crippen LogP contribution >= 0.6 is 15.9 Å². The van der Waals surface area contributed by atoms with Gasteiger partial charge < -0.3 is 11.1 Å². The molecule has 0 saturated heterocycles. The van der Waals surface area contributed by atoms with Crippen molar-refractivity contribution < 1.29 is 8.78 Å². The number of nitrogens with two attached hydrogens (primary N) is 1. The number of hydrogen-bond acceptors (Lipinski definition) is 3. The second kappa shape index (κ2) is 5.24. The van der Waals surface area contributed by atoms with Gasteiger partial charge in [-0.05, 0) is 30.3 Å². The minimum Gasteiger partial charge on any atom is -0.397 e. The Hall–Kier alpha value is -2.13. The van der Waals surface area contributed by atoms with E-state index >= 15 is 0 Å². The molecule has 2 aromatic carbocycles. The quantitative estimate of drug-likeness (QED) is 0.823. The first kappa shape index (κ1) is 13.3. The highest BCUT2D eigenvalue weighted by Gasteiger charge is 2.12. The fourth-order valence-corrected chi connectivity index (χ4v) is 1.93. The van der Waals surface area contributed by atoms with Crippen LogP contribution in [0.4, 0.5) is 25.8 Å². The Bertz CT molecular complexity index is 657. The van der Waals surface area contributed by atoms with Gasteiger partial charge >= 0.3 is 0 Å². The van der Waals surface area contributed by atoms with Crippen molar-refractivity contribution in [3.63, 3.8) is 0 Å². The van der Waals surface area contributed by atoms with E-state index in [2.05, 4.69) is 21.2 Å². The smallest absolute Gasteiger partial charge is 0.150 e. The Balaban J connectivity index is 2.45. The van der Waals surface area contributed by atoms with E-state index < -0.39 is 11.6 Å². The maximum absolute atomic E-state index is 13.7. The van der Waals surface area contributed by atoms with Crippen LogP contribution in [0.1, 0.15) is 5.56 Å². The van der Waals surface area contributed by atoms with Crippen molar-refractivity contribution in [3.8, 4) is 6.07 Å². The van der Waals surface area contributed by atoms with Crippen LogP contribution in [-0.4, -0.2) is 0 Å². The zero-order valence-electron chi connectivity index (χ0n) is 9.55. The van der Waals surface area contributed by atoms with E-state index in [-0.39, 0.29) is 11.4 Å². The van der Waals surface area contributed by atoms with Gasteiger partial charge in [-0.1, -0.05) is 15.9 Å². The molecule has 0 aliphatic carbocycles. The lowest BCUT2D eigenvalue weighted by Crippen LogP contribution is -2.01.